The van der Waals surface area contributed by atoms with Gasteiger partial charge in [-0.1, -0.05) is 33.6 Å². The van der Waals surface area contributed by atoms with Crippen LogP contribution in [0, 0.1) is 5.41 Å². The lowest BCUT2D eigenvalue weighted by Gasteiger charge is -2.31. The van der Waals surface area contributed by atoms with Crippen molar-refractivity contribution in [1.82, 2.24) is 15.1 Å². The monoisotopic (exact) mass is 277 g/mol. The van der Waals surface area contributed by atoms with Gasteiger partial charge in [0.25, 0.3) is 0 Å². The fraction of sp³-hybridized carbons (Fsp3) is 0.824. The number of nitrogens with one attached hydrogen (secondary N) is 1. The average Bonchev–Trinajstić information content (AvgIpc) is 3.14. The third-order valence-corrected chi connectivity index (χ3v) is 5.17. The van der Waals surface area contributed by atoms with Crippen molar-refractivity contribution in [3.63, 3.8) is 0 Å². The van der Waals surface area contributed by atoms with Gasteiger partial charge in [-0.2, -0.15) is 5.10 Å². The van der Waals surface area contributed by atoms with Crippen molar-refractivity contribution in [2.24, 2.45) is 5.41 Å². The summed E-state index contributed by atoms with van der Waals surface area (Å²) in [4.78, 5) is 0. The summed E-state index contributed by atoms with van der Waals surface area (Å²) in [7, 11) is 0. The molecule has 0 spiro atoms. The predicted molar refractivity (Wildman–Crippen MR) is 85.0 cm³/mol. The Hall–Kier alpha value is -0.830. The standard InChI is InChI=1S/C17H31N3/c1-4-17(5-2,14-18-6-3)13-15-11-12-20(19-15)16-9-7-8-10-16/h11-12,16,18H,4-10,13-14H2,1-3H3. The number of nitrogens with zero attached hydrogens (tertiary/aromatic N) is 2. The second kappa shape index (κ2) is 7.26. The minimum atomic E-state index is 0.366. The molecule has 0 atom stereocenters. The molecule has 1 aromatic heterocycles. The van der Waals surface area contributed by atoms with Gasteiger partial charge in [0.05, 0.1) is 11.7 Å². The van der Waals surface area contributed by atoms with Gasteiger partial charge in [0.1, 0.15) is 0 Å². The number of hydrogen-bond acceptors (Lipinski definition) is 2. The Morgan fingerprint density at radius 1 is 1.25 bits per heavy atom. The van der Waals surface area contributed by atoms with Gasteiger partial charge >= 0.3 is 0 Å². The van der Waals surface area contributed by atoms with Crippen LogP contribution >= 0.6 is 0 Å². The molecule has 3 nitrogen and oxygen atoms in total. The average molecular weight is 277 g/mol. The summed E-state index contributed by atoms with van der Waals surface area (Å²) in [6.45, 7) is 8.97. The van der Waals surface area contributed by atoms with Crippen LogP contribution in [0.15, 0.2) is 12.3 Å². The Labute approximate surface area is 124 Å². The maximum Gasteiger partial charge on any atom is 0.0630 e. The predicted octanol–water partition coefficient (Wildman–Crippen LogP) is 3.96. The zero-order valence-electron chi connectivity index (χ0n) is 13.5. The van der Waals surface area contributed by atoms with Crippen LogP contribution in [0.1, 0.15) is 71.0 Å². The molecule has 1 fully saturated rings. The molecule has 0 radical (unpaired) electrons. The molecule has 1 heterocycles. The Kier molecular flexibility index (Phi) is 5.64. The Morgan fingerprint density at radius 2 is 1.95 bits per heavy atom. The van der Waals surface area contributed by atoms with Crippen LogP contribution in [-0.4, -0.2) is 22.9 Å². The van der Waals surface area contributed by atoms with E-state index in [1.807, 2.05) is 0 Å². The second-order valence-corrected chi connectivity index (χ2v) is 6.39. The van der Waals surface area contributed by atoms with E-state index in [1.54, 1.807) is 0 Å². The number of aromatic nitrogens is 2. The Bertz CT molecular complexity index is 387. The van der Waals surface area contributed by atoms with Gasteiger partial charge in [-0.25, -0.2) is 0 Å². The fourth-order valence-corrected chi connectivity index (χ4v) is 3.43. The summed E-state index contributed by atoms with van der Waals surface area (Å²) < 4.78 is 2.23. The smallest absolute Gasteiger partial charge is 0.0630 e. The van der Waals surface area contributed by atoms with Gasteiger partial charge in [0.15, 0.2) is 0 Å². The van der Waals surface area contributed by atoms with Gasteiger partial charge in [0, 0.05) is 12.7 Å². The normalized spacial score (nSPS) is 16.9. The first-order chi connectivity index (χ1) is 9.73. The first-order valence-electron chi connectivity index (χ1n) is 8.47. The highest BCUT2D eigenvalue weighted by atomic mass is 15.3. The van der Waals surface area contributed by atoms with E-state index in [0.717, 1.165) is 19.5 Å². The molecule has 1 N–H and O–H groups in total. The van der Waals surface area contributed by atoms with Crippen molar-refractivity contribution in [3.8, 4) is 0 Å². The van der Waals surface area contributed by atoms with Crippen LogP contribution in [0.25, 0.3) is 0 Å². The molecule has 0 amide bonds. The Morgan fingerprint density at radius 3 is 2.55 bits per heavy atom. The minimum Gasteiger partial charge on any atom is -0.316 e. The molecule has 2 rings (SSSR count). The lowest BCUT2D eigenvalue weighted by Crippen LogP contribution is -2.35. The summed E-state index contributed by atoms with van der Waals surface area (Å²) in [6.07, 6.45) is 11.1. The van der Waals surface area contributed by atoms with E-state index in [-0.39, 0.29) is 0 Å². The molecular formula is C17H31N3. The molecule has 0 aliphatic heterocycles. The molecule has 3 heteroatoms. The molecule has 1 saturated carbocycles. The van der Waals surface area contributed by atoms with Gasteiger partial charge in [-0.05, 0) is 50.1 Å². The molecular weight excluding hydrogens is 246 g/mol. The molecule has 0 saturated heterocycles. The molecule has 0 aromatic carbocycles. The summed E-state index contributed by atoms with van der Waals surface area (Å²) >= 11 is 0. The highest BCUT2D eigenvalue weighted by Crippen LogP contribution is 2.32. The maximum atomic E-state index is 4.87. The molecule has 0 unspecified atom stereocenters. The van der Waals surface area contributed by atoms with E-state index in [0.29, 0.717) is 11.5 Å². The van der Waals surface area contributed by atoms with Crippen LogP contribution in [0.5, 0.6) is 0 Å². The van der Waals surface area contributed by atoms with Crippen molar-refractivity contribution in [2.45, 2.75) is 71.8 Å². The molecule has 1 aromatic rings. The minimum absolute atomic E-state index is 0.366. The van der Waals surface area contributed by atoms with Gasteiger partial charge in [-0.15, -0.1) is 0 Å². The second-order valence-electron chi connectivity index (χ2n) is 6.39. The zero-order valence-corrected chi connectivity index (χ0v) is 13.5. The maximum absolute atomic E-state index is 4.87. The molecule has 1 aliphatic carbocycles. The largest absolute Gasteiger partial charge is 0.316 e. The lowest BCUT2D eigenvalue weighted by atomic mass is 9.78. The van der Waals surface area contributed by atoms with Crippen LogP contribution in [0.2, 0.25) is 0 Å². The number of rotatable bonds is 8. The van der Waals surface area contributed by atoms with E-state index < -0.39 is 0 Å². The van der Waals surface area contributed by atoms with Gasteiger partial charge < -0.3 is 5.32 Å². The highest BCUT2D eigenvalue weighted by molar-refractivity contribution is 5.04. The zero-order chi connectivity index (χ0) is 14.4. The molecule has 20 heavy (non-hydrogen) atoms. The lowest BCUT2D eigenvalue weighted by molar-refractivity contribution is 0.245. The van der Waals surface area contributed by atoms with Crippen molar-refractivity contribution in [3.05, 3.63) is 18.0 Å². The van der Waals surface area contributed by atoms with Crippen LogP contribution in [0.4, 0.5) is 0 Å². The van der Waals surface area contributed by atoms with E-state index in [9.17, 15) is 0 Å². The van der Waals surface area contributed by atoms with E-state index >= 15 is 0 Å². The SMILES string of the molecule is CCNCC(CC)(CC)Cc1ccn(C2CCCC2)n1. The third kappa shape index (κ3) is 3.63. The molecule has 1 aliphatic rings. The summed E-state index contributed by atoms with van der Waals surface area (Å²) in [6, 6.07) is 2.90. The number of hydrogen-bond donors (Lipinski definition) is 1. The molecule has 0 bridgehead atoms. The van der Waals surface area contributed by atoms with Crippen molar-refractivity contribution in [1.29, 1.82) is 0 Å². The van der Waals surface area contributed by atoms with E-state index in [2.05, 4.69) is 43.0 Å². The third-order valence-electron chi connectivity index (χ3n) is 5.17. The van der Waals surface area contributed by atoms with Crippen molar-refractivity contribution in [2.75, 3.05) is 13.1 Å². The van der Waals surface area contributed by atoms with Crippen molar-refractivity contribution >= 4 is 0 Å². The van der Waals surface area contributed by atoms with E-state index in [1.165, 1.54) is 44.2 Å². The van der Waals surface area contributed by atoms with Crippen LogP contribution in [-0.2, 0) is 6.42 Å². The first-order valence-corrected chi connectivity index (χ1v) is 8.47. The Balaban J connectivity index is 2.02. The first kappa shape index (κ1) is 15.6. The summed E-state index contributed by atoms with van der Waals surface area (Å²) in [5.41, 5.74) is 1.64. The van der Waals surface area contributed by atoms with E-state index in [4.69, 9.17) is 5.10 Å². The van der Waals surface area contributed by atoms with Gasteiger partial charge in [0.2, 0.25) is 0 Å². The summed E-state index contributed by atoms with van der Waals surface area (Å²) in [5.74, 6) is 0. The quantitative estimate of drug-likeness (QED) is 0.779. The summed E-state index contributed by atoms with van der Waals surface area (Å²) in [5, 5.41) is 8.41. The highest BCUT2D eigenvalue weighted by Gasteiger charge is 2.27. The van der Waals surface area contributed by atoms with Crippen LogP contribution in [0.3, 0.4) is 0 Å². The van der Waals surface area contributed by atoms with Crippen molar-refractivity contribution < 1.29 is 0 Å². The van der Waals surface area contributed by atoms with Gasteiger partial charge in [-0.3, -0.25) is 4.68 Å². The topological polar surface area (TPSA) is 29.9 Å². The molecule has 114 valence electrons. The fourth-order valence-electron chi connectivity index (χ4n) is 3.43. The van der Waals surface area contributed by atoms with Crippen LogP contribution < -0.4 is 5.32 Å².